The Labute approximate surface area is 190 Å². The van der Waals surface area contributed by atoms with Crippen molar-refractivity contribution >= 4 is 30.3 Å². The van der Waals surface area contributed by atoms with Gasteiger partial charge in [-0.2, -0.15) is 0 Å². The lowest BCUT2D eigenvalue weighted by Gasteiger charge is -2.30. The maximum Gasteiger partial charge on any atom is 0.113 e. The molecule has 0 amide bonds. The van der Waals surface area contributed by atoms with Gasteiger partial charge in [0.2, 0.25) is 0 Å². The van der Waals surface area contributed by atoms with Crippen molar-refractivity contribution < 1.29 is 0 Å². The Morgan fingerprint density at radius 2 is 1.25 bits per heavy atom. The smallest absolute Gasteiger partial charge is 0.113 e. The molecule has 4 aromatic rings. The highest BCUT2D eigenvalue weighted by Gasteiger charge is 2.27. The van der Waals surface area contributed by atoms with Gasteiger partial charge in [0.1, 0.15) is 7.85 Å². The van der Waals surface area contributed by atoms with E-state index >= 15 is 0 Å². The standard InChI is InChI=1S/C30H22BN/c31-23-17-13-21(14-18-23)22-15-19-24(20-16-22)32-29-11-5-3-9-27(29)25-7-1-2-8-26(25)28-10-4-6-12-30(28)32/h1-5,7-11,13-20H,6,12H2. The van der Waals surface area contributed by atoms with E-state index in [1.54, 1.807) is 0 Å². The first-order valence-corrected chi connectivity index (χ1v) is 11.1. The highest BCUT2D eigenvalue weighted by atomic mass is 15.2. The highest BCUT2D eigenvalue weighted by molar-refractivity contribution is 6.32. The third kappa shape index (κ3) is 3.11. The molecule has 6 rings (SSSR count). The van der Waals surface area contributed by atoms with Crippen LogP contribution in [0.25, 0.3) is 27.8 Å². The van der Waals surface area contributed by atoms with Crippen LogP contribution in [0.15, 0.2) is 115 Å². The van der Waals surface area contributed by atoms with Gasteiger partial charge in [-0.15, -0.1) is 0 Å². The molecule has 0 fully saturated rings. The number of benzene rings is 4. The number of anilines is 2. The molecule has 0 saturated heterocycles. The Hall–Kier alpha value is -3.78. The van der Waals surface area contributed by atoms with Gasteiger partial charge in [-0.3, -0.25) is 0 Å². The van der Waals surface area contributed by atoms with Crippen LogP contribution in [0.2, 0.25) is 0 Å². The minimum Gasteiger partial charge on any atom is -0.313 e. The molecular formula is C30H22BN. The van der Waals surface area contributed by atoms with E-state index in [-0.39, 0.29) is 0 Å². The quantitative estimate of drug-likeness (QED) is 0.323. The van der Waals surface area contributed by atoms with Gasteiger partial charge in [0, 0.05) is 22.5 Å². The van der Waals surface area contributed by atoms with Crippen LogP contribution in [0.4, 0.5) is 11.4 Å². The van der Waals surface area contributed by atoms with Crippen LogP contribution in [0.3, 0.4) is 0 Å². The van der Waals surface area contributed by atoms with E-state index in [2.05, 4.69) is 102 Å². The van der Waals surface area contributed by atoms with Crippen molar-refractivity contribution in [2.24, 2.45) is 0 Å². The average Bonchev–Trinajstić information content (AvgIpc) is 2.98. The van der Waals surface area contributed by atoms with Crippen LogP contribution in [0.1, 0.15) is 18.4 Å². The van der Waals surface area contributed by atoms with Crippen LogP contribution in [-0.4, -0.2) is 7.85 Å². The summed E-state index contributed by atoms with van der Waals surface area (Å²) in [5.74, 6) is 0. The lowest BCUT2D eigenvalue weighted by Crippen LogP contribution is -2.18. The summed E-state index contributed by atoms with van der Waals surface area (Å²) in [5, 5.41) is 0. The predicted octanol–water partition coefficient (Wildman–Crippen LogP) is 7.03. The van der Waals surface area contributed by atoms with Crippen molar-refractivity contribution in [1.29, 1.82) is 0 Å². The van der Waals surface area contributed by atoms with Crippen LogP contribution in [-0.2, 0) is 0 Å². The number of nitrogens with zero attached hydrogens (tertiary/aromatic N) is 1. The minimum atomic E-state index is 0.788. The molecule has 0 unspecified atom stereocenters. The first kappa shape index (κ1) is 19.0. The molecule has 2 aliphatic rings. The van der Waals surface area contributed by atoms with Gasteiger partial charge in [-0.05, 0) is 53.3 Å². The molecule has 0 N–H and O–H groups in total. The molecule has 1 heterocycles. The Morgan fingerprint density at radius 3 is 2.00 bits per heavy atom. The van der Waals surface area contributed by atoms with Crippen LogP contribution in [0.5, 0.6) is 0 Å². The van der Waals surface area contributed by atoms with Gasteiger partial charge in [0.25, 0.3) is 0 Å². The normalized spacial score (nSPS) is 14.4. The SMILES string of the molecule is [B]c1ccc(-c2ccc(N3C4=C(C=CCC4)c4ccccc4-c4ccccc43)cc2)cc1. The summed E-state index contributed by atoms with van der Waals surface area (Å²) < 4.78 is 0. The molecule has 32 heavy (non-hydrogen) atoms. The molecule has 0 bridgehead atoms. The molecule has 1 nitrogen and oxygen atoms in total. The topological polar surface area (TPSA) is 3.24 Å². The first-order chi connectivity index (χ1) is 15.8. The summed E-state index contributed by atoms with van der Waals surface area (Å²) in [4.78, 5) is 2.46. The lowest BCUT2D eigenvalue weighted by molar-refractivity contribution is 0.926. The summed E-state index contributed by atoms with van der Waals surface area (Å²) in [5.41, 5.74) is 12.1. The molecule has 2 radical (unpaired) electrons. The minimum absolute atomic E-state index is 0.788. The summed E-state index contributed by atoms with van der Waals surface area (Å²) in [6.45, 7) is 0. The fraction of sp³-hybridized carbons (Fsp3) is 0.0667. The molecule has 1 aliphatic carbocycles. The number of fused-ring (bicyclic) bond motifs is 4. The summed E-state index contributed by atoms with van der Waals surface area (Å²) in [6.07, 6.45) is 6.69. The van der Waals surface area contributed by atoms with Gasteiger partial charge >= 0.3 is 0 Å². The Morgan fingerprint density at radius 1 is 0.625 bits per heavy atom. The number of hydrogen-bond donors (Lipinski definition) is 0. The molecule has 0 saturated carbocycles. The maximum absolute atomic E-state index is 5.87. The molecule has 0 spiro atoms. The molecule has 0 aromatic heterocycles. The summed E-state index contributed by atoms with van der Waals surface area (Å²) >= 11 is 0. The van der Waals surface area contributed by atoms with Gasteiger partial charge in [0.15, 0.2) is 0 Å². The van der Waals surface area contributed by atoms with E-state index in [9.17, 15) is 0 Å². The number of allylic oxidation sites excluding steroid dienone is 4. The van der Waals surface area contributed by atoms with E-state index in [1.165, 1.54) is 50.5 Å². The fourth-order valence-electron chi connectivity index (χ4n) is 4.90. The van der Waals surface area contributed by atoms with Gasteiger partial charge < -0.3 is 4.90 Å². The molecule has 2 heteroatoms. The van der Waals surface area contributed by atoms with Gasteiger partial charge in [0.05, 0.1) is 5.69 Å². The van der Waals surface area contributed by atoms with Crippen molar-refractivity contribution in [2.75, 3.05) is 4.90 Å². The van der Waals surface area contributed by atoms with Crippen molar-refractivity contribution in [3.63, 3.8) is 0 Å². The second-order valence-electron chi connectivity index (χ2n) is 8.37. The van der Waals surface area contributed by atoms with Crippen LogP contribution in [0, 0.1) is 0 Å². The van der Waals surface area contributed by atoms with E-state index in [1.807, 2.05) is 12.1 Å². The third-order valence-corrected chi connectivity index (χ3v) is 6.44. The highest BCUT2D eigenvalue weighted by Crippen LogP contribution is 2.48. The van der Waals surface area contributed by atoms with Crippen molar-refractivity contribution in [3.8, 4) is 22.3 Å². The Balaban J connectivity index is 1.54. The zero-order valence-electron chi connectivity index (χ0n) is 17.8. The van der Waals surface area contributed by atoms with Crippen molar-refractivity contribution in [3.05, 3.63) is 120 Å². The molecule has 150 valence electrons. The largest absolute Gasteiger partial charge is 0.313 e. The second kappa shape index (κ2) is 7.73. The molecule has 1 aliphatic heterocycles. The fourth-order valence-corrected chi connectivity index (χ4v) is 4.90. The monoisotopic (exact) mass is 407 g/mol. The average molecular weight is 407 g/mol. The van der Waals surface area contributed by atoms with E-state index < -0.39 is 0 Å². The number of para-hydroxylation sites is 1. The second-order valence-corrected chi connectivity index (χ2v) is 8.37. The summed E-state index contributed by atoms with van der Waals surface area (Å²) in [6, 6.07) is 34.5. The zero-order chi connectivity index (χ0) is 21.5. The maximum atomic E-state index is 5.87. The van der Waals surface area contributed by atoms with E-state index in [0.29, 0.717) is 0 Å². The molecule has 0 atom stereocenters. The first-order valence-electron chi connectivity index (χ1n) is 11.1. The third-order valence-electron chi connectivity index (χ3n) is 6.44. The van der Waals surface area contributed by atoms with E-state index in [0.717, 1.165) is 18.3 Å². The molecular weight excluding hydrogens is 385 g/mol. The Bertz CT molecular complexity index is 1360. The van der Waals surface area contributed by atoms with Gasteiger partial charge in [-0.1, -0.05) is 96.5 Å². The zero-order valence-corrected chi connectivity index (χ0v) is 17.8. The van der Waals surface area contributed by atoms with E-state index in [4.69, 9.17) is 7.85 Å². The molecule has 4 aromatic carbocycles. The summed E-state index contributed by atoms with van der Waals surface area (Å²) in [7, 11) is 5.87. The predicted molar refractivity (Wildman–Crippen MR) is 137 cm³/mol. The lowest BCUT2D eigenvalue weighted by atomic mass is 9.91. The van der Waals surface area contributed by atoms with Gasteiger partial charge in [-0.25, -0.2) is 0 Å². The number of rotatable bonds is 2. The van der Waals surface area contributed by atoms with Crippen molar-refractivity contribution in [1.82, 2.24) is 0 Å². The van der Waals surface area contributed by atoms with Crippen LogP contribution >= 0.6 is 0 Å². The van der Waals surface area contributed by atoms with Crippen molar-refractivity contribution in [2.45, 2.75) is 12.8 Å². The van der Waals surface area contributed by atoms with Crippen LogP contribution < -0.4 is 10.4 Å². The number of hydrogen-bond acceptors (Lipinski definition) is 1. The Kier molecular flexibility index (Phi) is 4.58.